The lowest BCUT2D eigenvalue weighted by atomic mass is 10.2. The minimum absolute atomic E-state index is 0.0717. The number of aliphatic carboxylic acids is 1. The average Bonchev–Trinajstić information content (AvgIpc) is 2.75. The highest BCUT2D eigenvalue weighted by Gasteiger charge is 2.42. The maximum Gasteiger partial charge on any atom is 0.338 e. The molecule has 0 radical (unpaired) electrons. The molecule has 0 spiro atoms. The minimum atomic E-state index is -1.07. The Morgan fingerprint density at radius 1 is 1.04 bits per heavy atom. The van der Waals surface area contributed by atoms with Crippen molar-refractivity contribution in [3.8, 4) is 0 Å². The first-order valence-corrected chi connectivity index (χ1v) is 6.92. The maximum absolute atomic E-state index is 10.9. The fraction of sp³-hybridized carbons (Fsp3) is 0.714. The summed E-state index contributed by atoms with van der Waals surface area (Å²) in [6.45, 7) is 6.39. The van der Waals surface area contributed by atoms with Gasteiger partial charge >= 0.3 is 17.9 Å². The molecule has 2 fully saturated rings. The summed E-state index contributed by atoms with van der Waals surface area (Å²) in [5.41, 5.74) is 0. The van der Waals surface area contributed by atoms with Gasteiger partial charge < -0.3 is 28.8 Å². The Hall–Kier alpha value is -2.00. The van der Waals surface area contributed by atoms with Crippen molar-refractivity contribution in [3.05, 3.63) is 0 Å². The van der Waals surface area contributed by atoms with Gasteiger partial charge in [0.15, 0.2) is 12.2 Å². The number of esters is 2. The first kappa shape index (κ1) is 19.0. The number of hydrogen-bond acceptors (Lipinski definition) is 8. The van der Waals surface area contributed by atoms with E-state index < -0.39 is 41.7 Å². The third-order valence-electron chi connectivity index (χ3n) is 2.74. The van der Waals surface area contributed by atoms with Crippen LogP contribution in [0, 0.1) is 0 Å². The van der Waals surface area contributed by atoms with Crippen LogP contribution in [0.3, 0.4) is 0 Å². The molecule has 0 saturated carbocycles. The number of cyclic esters (lactones) is 2. The molecule has 130 valence electrons. The first-order valence-electron chi connectivity index (χ1n) is 6.92. The number of rotatable bonds is 4. The molecule has 2 aliphatic heterocycles. The fourth-order valence-corrected chi connectivity index (χ4v) is 1.96. The molecule has 0 aromatic heterocycles. The van der Waals surface area contributed by atoms with E-state index in [-0.39, 0.29) is 12.8 Å². The maximum atomic E-state index is 10.9. The van der Waals surface area contributed by atoms with Crippen LogP contribution in [-0.4, -0.2) is 53.1 Å². The van der Waals surface area contributed by atoms with Gasteiger partial charge in [-0.05, 0) is 0 Å². The van der Waals surface area contributed by atoms with Crippen LogP contribution in [0.25, 0.3) is 0 Å². The Labute approximate surface area is 132 Å². The van der Waals surface area contributed by atoms with Crippen LogP contribution in [-0.2, 0) is 38.1 Å². The monoisotopic (exact) mass is 332 g/mol. The molecule has 2 rings (SSSR count). The lowest BCUT2D eigenvalue weighted by Crippen LogP contribution is -2.23. The van der Waals surface area contributed by atoms with Gasteiger partial charge in [0.2, 0.25) is 11.6 Å². The van der Waals surface area contributed by atoms with Crippen molar-refractivity contribution in [1.82, 2.24) is 0 Å². The van der Waals surface area contributed by atoms with E-state index in [1.165, 1.54) is 0 Å². The SMILES string of the molecule is CC1(C)OC(=O)[C@H](CC(=O)O)O1.CC1(C)OC(=O)[C@H](CC=O)O1. The Morgan fingerprint density at radius 3 is 1.78 bits per heavy atom. The number of hydrogen-bond donors (Lipinski definition) is 1. The number of ether oxygens (including phenoxy) is 4. The standard InChI is InChI=1S/C7H10O5.C7H10O4/c1-7(2)11-4(3-5(8)9)6(10)12-7;1-7(2)10-5(3-4-8)6(9)11-7/h4H,3H2,1-2H3,(H,8,9);4-5H,3H2,1-2H3/t4-;5-/m00/s1. The highest BCUT2D eigenvalue weighted by atomic mass is 16.8. The Kier molecular flexibility index (Phi) is 5.84. The topological polar surface area (TPSA) is 125 Å². The molecule has 9 heteroatoms. The summed E-state index contributed by atoms with van der Waals surface area (Å²) < 4.78 is 19.6. The van der Waals surface area contributed by atoms with E-state index in [0.717, 1.165) is 0 Å². The zero-order valence-electron chi connectivity index (χ0n) is 13.4. The van der Waals surface area contributed by atoms with Gasteiger partial charge in [0.05, 0.1) is 6.42 Å². The molecule has 0 bridgehead atoms. The summed E-state index contributed by atoms with van der Waals surface area (Å²) in [5.74, 6) is -4.00. The number of carboxylic acid groups (broad SMARTS) is 1. The smallest absolute Gasteiger partial charge is 0.338 e. The van der Waals surface area contributed by atoms with Gasteiger partial charge in [-0.2, -0.15) is 0 Å². The largest absolute Gasteiger partial charge is 0.481 e. The summed E-state index contributed by atoms with van der Waals surface area (Å²) in [5, 5.41) is 8.37. The molecule has 2 aliphatic rings. The first-order chi connectivity index (χ1) is 10.5. The molecule has 0 aromatic rings. The molecule has 0 amide bonds. The Morgan fingerprint density at radius 2 is 1.48 bits per heavy atom. The zero-order valence-corrected chi connectivity index (χ0v) is 13.4. The predicted octanol–water partition coefficient (Wildman–Crippen LogP) is 0.393. The molecule has 0 unspecified atom stereocenters. The zero-order chi connectivity index (χ0) is 17.8. The molecular weight excluding hydrogens is 312 g/mol. The second-order valence-corrected chi connectivity index (χ2v) is 5.86. The summed E-state index contributed by atoms with van der Waals surface area (Å²) in [6, 6.07) is 0. The molecule has 1 N–H and O–H groups in total. The van der Waals surface area contributed by atoms with E-state index in [0.29, 0.717) is 6.29 Å². The lowest BCUT2D eigenvalue weighted by Gasteiger charge is -2.14. The van der Waals surface area contributed by atoms with Gasteiger partial charge in [-0.3, -0.25) is 4.79 Å². The molecule has 2 heterocycles. The number of carbonyl (C=O) groups excluding carboxylic acids is 3. The van der Waals surface area contributed by atoms with E-state index >= 15 is 0 Å². The minimum Gasteiger partial charge on any atom is -0.481 e. The van der Waals surface area contributed by atoms with Gasteiger partial charge in [0.25, 0.3) is 0 Å². The van der Waals surface area contributed by atoms with Gasteiger partial charge in [0.1, 0.15) is 6.29 Å². The molecule has 0 aliphatic carbocycles. The van der Waals surface area contributed by atoms with Crippen LogP contribution in [0.1, 0.15) is 40.5 Å². The van der Waals surface area contributed by atoms with Crippen molar-refractivity contribution in [2.45, 2.75) is 64.3 Å². The molecular formula is C14H20O9. The Bertz CT molecular complexity index is 494. The third-order valence-corrected chi connectivity index (χ3v) is 2.74. The summed E-state index contributed by atoms with van der Waals surface area (Å²) >= 11 is 0. The summed E-state index contributed by atoms with van der Waals surface area (Å²) in [6.07, 6.45) is -1.29. The molecule has 0 aromatic carbocycles. The fourth-order valence-electron chi connectivity index (χ4n) is 1.96. The van der Waals surface area contributed by atoms with Gasteiger partial charge in [-0.15, -0.1) is 0 Å². The van der Waals surface area contributed by atoms with E-state index in [9.17, 15) is 19.2 Å². The molecule has 9 nitrogen and oxygen atoms in total. The van der Waals surface area contributed by atoms with E-state index in [4.69, 9.17) is 24.1 Å². The highest BCUT2D eigenvalue weighted by Crippen LogP contribution is 2.25. The van der Waals surface area contributed by atoms with Crippen molar-refractivity contribution >= 4 is 24.2 Å². The van der Waals surface area contributed by atoms with Crippen molar-refractivity contribution in [1.29, 1.82) is 0 Å². The summed E-state index contributed by atoms with van der Waals surface area (Å²) in [7, 11) is 0. The summed E-state index contributed by atoms with van der Waals surface area (Å²) in [4.78, 5) is 42.0. The number of carboxylic acids is 1. The Balaban J connectivity index is 0.000000231. The van der Waals surface area contributed by atoms with Gasteiger partial charge in [-0.1, -0.05) is 0 Å². The van der Waals surface area contributed by atoms with Crippen molar-refractivity contribution in [3.63, 3.8) is 0 Å². The van der Waals surface area contributed by atoms with Crippen LogP contribution in [0.4, 0.5) is 0 Å². The van der Waals surface area contributed by atoms with E-state index in [1.54, 1.807) is 27.7 Å². The predicted molar refractivity (Wildman–Crippen MR) is 73.0 cm³/mol. The second kappa shape index (κ2) is 7.05. The molecule has 23 heavy (non-hydrogen) atoms. The van der Waals surface area contributed by atoms with Crippen LogP contribution >= 0.6 is 0 Å². The van der Waals surface area contributed by atoms with Crippen LogP contribution in [0.2, 0.25) is 0 Å². The number of aldehydes is 1. The van der Waals surface area contributed by atoms with Crippen LogP contribution < -0.4 is 0 Å². The van der Waals surface area contributed by atoms with E-state index in [2.05, 4.69) is 0 Å². The highest BCUT2D eigenvalue weighted by molar-refractivity contribution is 5.82. The van der Waals surface area contributed by atoms with Crippen LogP contribution in [0.15, 0.2) is 0 Å². The molecule has 2 saturated heterocycles. The van der Waals surface area contributed by atoms with Gasteiger partial charge in [-0.25, -0.2) is 9.59 Å². The third kappa shape index (κ3) is 5.95. The van der Waals surface area contributed by atoms with Crippen LogP contribution in [0.5, 0.6) is 0 Å². The normalized spacial score (nSPS) is 27.5. The van der Waals surface area contributed by atoms with Gasteiger partial charge in [0, 0.05) is 34.1 Å². The van der Waals surface area contributed by atoms with Crippen molar-refractivity contribution < 1.29 is 43.2 Å². The lowest BCUT2D eigenvalue weighted by molar-refractivity contribution is -0.162. The molecule has 2 atom stereocenters. The van der Waals surface area contributed by atoms with Crippen molar-refractivity contribution in [2.75, 3.05) is 0 Å². The average molecular weight is 332 g/mol. The quantitative estimate of drug-likeness (QED) is 0.574. The second-order valence-electron chi connectivity index (χ2n) is 5.86. The number of carbonyl (C=O) groups is 4. The van der Waals surface area contributed by atoms with Crippen molar-refractivity contribution in [2.24, 2.45) is 0 Å². The van der Waals surface area contributed by atoms with E-state index in [1.807, 2.05) is 0 Å².